The van der Waals surface area contributed by atoms with Gasteiger partial charge in [-0.05, 0) is 29.7 Å². The zero-order valence-corrected chi connectivity index (χ0v) is 20.6. The molecule has 3 N–H and O–H groups in total. The Morgan fingerprint density at radius 3 is 1.94 bits per heavy atom. The molecule has 0 amide bonds. The normalized spacial score (nSPS) is 12.8. The van der Waals surface area contributed by atoms with E-state index in [1.54, 1.807) is 24.3 Å². The van der Waals surface area contributed by atoms with Crippen LogP contribution < -0.4 is 40.6 Å². The summed E-state index contributed by atoms with van der Waals surface area (Å²) < 4.78 is 35.5. The van der Waals surface area contributed by atoms with E-state index in [0.29, 0.717) is 11.6 Å². The fraction of sp³-hybridized carbons (Fsp3) is 0.130. The number of hydrogen-bond donors (Lipinski definition) is 2. The number of anilines is 3. The molecule has 7 nitrogen and oxygen atoms in total. The molecule has 1 aliphatic rings. The van der Waals surface area contributed by atoms with Gasteiger partial charge in [-0.2, -0.15) is 0 Å². The first-order valence-electron chi connectivity index (χ1n) is 9.57. The summed E-state index contributed by atoms with van der Waals surface area (Å²) >= 11 is 0. The zero-order valence-electron chi connectivity index (χ0n) is 17.8. The number of nitrogen functional groups attached to an aromatic ring is 1. The van der Waals surface area contributed by atoms with Crippen LogP contribution in [0.15, 0.2) is 59.5 Å². The molecular weight excluding hydrogens is 439 g/mol. The molecule has 4 rings (SSSR count). The molecule has 0 atom stereocenters. The minimum absolute atomic E-state index is 0. The van der Waals surface area contributed by atoms with Crippen molar-refractivity contribution in [3.8, 4) is 0 Å². The number of nitrogens with two attached hydrogens (primary N) is 1. The second-order valence-corrected chi connectivity index (χ2v) is 8.99. The molecule has 3 aromatic carbocycles. The number of hydrogen-bond acceptors (Lipinski definition) is 7. The molecule has 0 bridgehead atoms. The number of ketones is 2. The summed E-state index contributed by atoms with van der Waals surface area (Å²) in [7, 11) is -5.00. The smallest absolute Gasteiger partial charge is 0.744 e. The first kappa shape index (κ1) is 24.2. The predicted octanol–water partition coefficient (Wildman–Crippen LogP) is 0.819. The first-order valence-corrected chi connectivity index (χ1v) is 11.0. The molecule has 0 radical (unpaired) electrons. The SMILES string of the molecule is CC(C)c1ccc(Nc2cc(S(=O)(=O)[O-])c(N)c3c2C(=O)c2ccccc2C3=O)cc1.[Na+]. The summed E-state index contributed by atoms with van der Waals surface area (Å²) in [5.74, 6) is -0.773. The maximum Gasteiger partial charge on any atom is 1.00 e. The third kappa shape index (κ3) is 4.12. The molecule has 0 saturated carbocycles. The Bertz CT molecular complexity index is 1350. The van der Waals surface area contributed by atoms with Crippen molar-refractivity contribution in [2.24, 2.45) is 0 Å². The number of rotatable bonds is 4. The Balaban J connectivity index is 0.00000289. The van der Waals surface area contributed by atoms with Crippen LogP contribution in [0.2, 0.25) is 0 Å². The van der Waals surface area contributed by atoms with E-state index in [2.05, 4.69) is 5.32 Å². The Morgan fingerprint density at radius 2 is 1.44 bits per heavy atom. The summed E-state index contributed by atoms with van der Waals surface area (Å²) in [6.07, 6.45) is 0. The number of carbonyl (C=O) groups excluding carboxylic acids is 2. The predicted molar refractivity (Wildman–Crippen MR) is 116 cm³/mol. The molecule has 0 saturated heterocycles. The largest absolute Gasteiger partial charge is 1.00 e. The van der Waals surface area contributed by atoms with Gasteiger partial charge >= 0.3 is 29.6 Å². The number of benzene rings is 3. The van der Waals surface area contributed by atoms with Crippen LogP contribution in [-0.4, -0.2) is 24.5 Å². The van der Waals surface area contributed by atoms with E-state index in [-0.39, 0.29) is 57.5 Å². The molecular formula is C23H19N2NaO5S. The molecule has 0 aromatic heterocycles. The fourth-order valence-corrected chi connectivity index (χ4v) is 4.34. The summed E-state index contributed by atoms with van der Waals surface area (Å²) in [6, 6.07) is 14.6. The molecule has 1 aliphatic carbocycles. The third-order valence-corrected chi connectivity index (χ3v) is 6.20. The minimum atomic E-state index is -5.00. The van der Waals surface area contributed by atoms with Crippen molar-refractivity contribution in [2.75, 3.05) is 11.1 Å². The Kier molecular flexibility index (Phi) is 6.65. The van der Waals surface area contributed by atoms with Crippen LogP contribution in [0.25, 0.3) is 0 Å². The Morgan fingerprint density at radius 1 is 0.906 bits per heavy atom. The van der Waals surface area contributed by atoms with Gasteiger partial charge in [0.05, 0.1) is 27.4 Å². The second-order valence-electron chi connectivity index (χ2n) is 7.65. The molecule has 0 unspecified atom stereocenters. The van der Waals surface area contributed by atoms with Crippen molar-refractivity contribution < 1.29 is 52.1 Å². The topological polar surface area (TPSA) is 129 Å². The van der Waals surface area contributed by atoms with Crippen molar-refractivity contribution in [1.82, 2.24) is 0 Å². The van der Waals surface area contributed by atoms with Gasteiger partial charge in [0.2, 0.25) is 0 Å². The third-order valence-electron chi connectivity index (χ3n) is 5.33. The monoisotopic (exact) mass is 458 g/mol. The van der Waals surface area contributed by atoms with Crippen molar-refractivity contribution >= 4 is 38.7 Å². The van der Waals surface area contributed by atoms with Crippen LogP contribution in [-0.2, 0) is 10.1 Å². The number of fused-ring (bicyclic) bond motifs is 2. The summed E-state index contributed by atoms with van der Waals surface area (Å²) in [4.78, 5) is 25.6. The zero-order chi connectivity index (χ0) is 22.5. The van der Waals surface area contributed by atoms with E-state index in [9.17, 15) is 22.6 Å². The van der Waals surface area contributed by atoms with Crippen LogP contribution in [0.1, 0.15) is 57.2 Å². The summed E-state index contributed by atoms with van der Waals surface area (Å²) in [5.41, 5.74) is 7.07. The number of carbonyl (C=O) groups is 2. The van der Waals surface area contributed by atoms with Gasteiger partial charge in [-0.15, -0.1) is 0 Å². The molecule has 0 fully saturated rings. The van der Waals surface area contributed by atoms with E-state index in [0.717, 1.165) is 11.6 Å². The van der Waals surface area contributed by atoms with E-state index in [1.165, 1.54) is 12.1 Å². The van der Waals surface area contributed by atoms with E-state index in [1.807, 2.05) is 26.0 Å². The van der Waals surface area contributed by atoms with E-state index >= 15 is 0 Å². The summed E-state index contributed by atoms with van der Waals surface area (Å²) in [5, 5.41) is 2.99. The Hall–Kier alpha value is -2.49. The van der Waals surface area contributed by atoms with Crippen LogP contribution in [0.5, 0.6) is 0 Å². The molecule has 3 aromatic rings. The van der Waals surface area contributed by atoms with Crippen LogP contribution in [0.3, 0.4) is 0 Å². The average Bonchev–Trinajstić information content (AvgIpc) is 2.72. The van der Waals surface area contributed by atoms with Crippen molar-refractivity contribution in [3.05, 3.63) is 82.4 Å². The van der Waals surface area contributed by atoms with Gasteiger partial charge in [-0.25, -0.2) is 8.42 Å². The van der Waals surface area contributed by atoms with Gasteiger partial charge in [0.15, 0.2) is 11.6 Å². The van der Waals surface area contributed by atoms with E-state index in [4.69, 9.17) is 5.73 Å². The summed E-state index contributed by atoms with van der Waals surface area (Å²) in [6.45, 7) is 4.10. The Labute approximate surface area is 208 Å². The average molecular weight is 458 g/mol. The molecule has 0 heterocycles. The van der Waals surface area contributed by atoms with Gasteiger partial charge in [0.25, 0.3) is 0 Å². The first-order chi connectivity index (χ1) is 14.6. The van der Waals surface area contributed by atoms with E-state index < -0.39 is 32.3 Å². The van der Waals surface area contributed by atoms with Gasteiger partial charge in [0.1, 0.15) is 10.1 Å². The molecule has 9 heteroatoms. The molecule has 32 heavy (non-hydrogen) atoms. The molecule has 0 spiro atoms. The molecule has 0 aliphatic heterocycles. The number of nitrogens with one attached hydrogen (secondary N) is 1. The van der Waals surface area contributed by atoms with Crippen molar-refractivity contribution in [2.45, 2.75) is 24.7 Å². The maximum atomic E-state index is 13.2. The fourth-order valence-electron chi connectivity index (χ4n) is 3.71. The van der Waals surface area contributed by atoms with Crippen LogP contribution in [0.4, 0.5) is 17.1 Å². The van der Waals surface area contributed by atoms with Crippen LogP contribution in [0, 0.1) is 0 Å². The van der Waals surface area contributed by atoms with Gasteiger partial charge in [0, 0.05) is 16.8 Å². The van der Waals surface area contributed by atoms with Crippen molar-refractivity contribution in [1.29, 1.82) is 0 Å². The quantitative estimate of drug-likeness (QED) is 0.263. The van der Waals surface area contributed by atoms with Gasteiger partial charge in [-0.3, -0.25) is 9.59 Å². The van der Waals surface area contributed by atoms with Gasteiger partial charge in [-0.1, -0.05) is 50.2 Å². The second kappa shape index (κ2) is 8.80. The minimum Gasteiger partial charge on any atom is -0.744 e. The maximum absolute atomic E-state index is 13.2. The molecule has 158 valence electrons. The van der Waals surface area contributed by atoms with Crippen LogP contribution >= 0.6 is 0 Å². The standard InChI is InChI=1S/C23H20N2O5S.Na/c1-12(2)13-7-9-14(10-8-13)25-17-11-18(31(28,29)30)21(24)20-19(17)22(26)15-5-3-4-6-16(15)23(20)27;/h3-12,25H,24H2,1-2H3,(H,28,29,30);/q;+1/p-1. The van der Waals surface area contributed by atoms with Crippen molar-refractivity contribution in [3.63, 3.8) is 0 Å². The van der Waals surface area contributed by atoms with Gasteiger partial charge < -0.3 is 15.6 Å².